The lowest BCUT2D eigenvalue weighted by Crippen LogP contribution is -2.00. The molecule has 0 radical (unpaired) electrons. The Kier molecular flexibility index (Phi) is 7.77. The third-order valence-corrected chi connectivity index (χ3v) is 10.1. The van der Waals surface area contributed by atoms with Crippen molar-refractivity contribution in [2.75, 3.05) is 0 Å². The van der Waals surface area contributed by atoms with Crippen molar-refractivity contribution in [3.8, 4) is 67.7 Å². The lowest BCUT2D eigenvalue weighted by Gasteiger charge is -2.14. The Balaban J connectivity index is 1.05. The summed E-state index contributed by atoms with van der Waals surface area (Å²) >= 11 is 0. The minimum atomic E-state index is 0.642. The standard InChI is InChI=1S/C50H32N4/c1-4-13-35(14-5-1)44-32-46(42-25-22-33-12-10-11-19-39(33)31-42)51-45-29-27-41-30-40(26-28-43(41)47(44)45)34-20-23-38(24-21-34)50-53-48(36-15-6-2-7-16-36)52-49(54-50)37-17-8-3-9-18-37/h1-32H. The van der Waals surface area contributed by atoms with Crippen LogP contribution in [0.4, 0.5) is 0 Å². The van der Waals surface area contributed by atoms with Gasteiger partial charge in [0.15, 0.2) is 17.5 Å². The Morgan fingerprint density at radius 1 is 0.278 bits per heavy atom. The number of benzene rings is 8. The topological polar surface area (TPSA) is 51.6 Å². The van der Waals surface area contributed by atoms with Crippen LogP contribution in [0, 0.1) is 0 Å². The van der Waals surface area contributed by atoms with Crippen LogP contribution in [-0.2, 0) is 0 Å². The van der Waals surface area contributed by atoms with Crippen LogP contribution in [0.5, 0.6) is 0 Å². The van der Waals surface area contributed by atoms with Crippen LogP contribution in [0.25, 0.3) is 100 Å². The van der Waals surface area contributed by atoms with Gasteiger partial charge in [0.05, 0.1) is 11.2 Å². The average molecular weight is 689 g/mol. The van der Waals surface area contributed by atoms with Gasteiger partial charge in [0.25, 0.3) is 0 Å². The SMILES string of the molecule is c1ccc(-c2nc(-c3ccccc3)nc(-c3ccc(-c4ccc5c(ccc6nc(-c7ccc8ccccc8c7)cc(-c7ccccc7)c65)c4)cc3)n2)cc1. The number of nitrogens with zero attached hydrogens (tertiary/aromatic N) is 4. The monoisotopic (exact) mass is 688 g/mol. The Morgan fingerprint density at radius 3 is 1.41 bits per heavy atom. The van der Waals surface area contributed by atoms with Crippen LogP contribution >= 0.6 is 0 Å². The molecule has 10 rings (SSSR count). The Labute approximate surface area is 313 Å². The second-order valence-electron chi connectivity index (χ2n) is 13.5. The highest BCUT2D eigenvalue weighted by molar-refractivity contribution is 6.14. The molecule has 2 heterocycles. The number of hydrogen-bond acceptors (Lipinski definition) is 4. The number of aromatic nitrogens is 4. The van der Waals surface area contributed by atoms with Crippen molar-refractivity contribution < 1.29 is 0 Å². The van der Waals surface area contributed by atoms with Crippen molar-refractivity contribution in [2.45, 2.75) is 0 Å². The first-order valence-corrected chi connectivity index (χ1v) is 18.1. The number of pyridine rings is 1. The molecule has 0 atom stereocenters. The molecule has 0 N–H and O–H groups in total. The summed E-state index contributed by atoms with van der Waals surface area (Å²) < 4.78 is 0. The summed E-state index contributed by atoms with van der Waals surface area (Å²) in [7, 11) is 0. The van der Waals surface area contributed by atoms with E-state index in [-0.39, 0.29) is 0 Å². The zero-order valence-corrected chi connectivity index (χ0v) is 29.3. The molecule has 0 aliphatic rings. The zero-order valence-electron chi connectivity index (χ0n) is 29.3. The molecular formula is C50H32N4. The molecule has 0 saturated carbocycles. The van der Waals surface area contributed by atoms with Crippen molar-refractivity contribution in [1.82, 2.24) is 19.9 Å². The van der Waals surface area contributed by atoms with Gasteiger partial charge in [0.1, 0.15) is 0 Å². The molecule has 0 spiro atoms. The summed E-state index contributed by atoms with van der Waals surface area (Å²) in [5.74, 6) is 1.95. The minimum Gasteiger partial charge on any atom is -0.248 e. The highest BCUT2D eigenvalue weighted by atomic mass is 15.0. The Hall–Kier alpha value is -7.30. The highest BCUT2D eigenvalue weighted by Gasteiger charge is 2.15. The first-order chi connectivity index (χ1) is 26.7. The van der Waals surface area contributed by atoms with Crippen LogP contribution in [0.15, 0.2) is 194 Å². The van der Waals surface area contributed by atoms with E-state index in [2.05, 4.69) is 133 Å². The predicted octanol–water partition coefficient (Wildman–Crippen LogP) is 12.7. The van der Waals surface area contributed by atoms with Crippen LogP contribution < -0.4 is 0 Å². The van der Waals surface area contributed by atoms with Crippen molar-refractivity contribution in [3.63, 3.8) is 0 Å². The summed E-state index contributed by atoms with van der Waals surface area (Å²) in [5, 5.41) is 5.93. The number of rotatable bonds is 6. The van der Waals surface area contributed by atoms with Crippen LogP contribution in [0.3, 0.4) is 0 Å². The van der Waals surface area contributed by atoms with Gasteiger partial charge in [-0.3, -0.25) is 0 Å². The fourth-order valence-corrected chi connectivity index (χ4v) is 7.34. The van der Waals surface area contributed by atoms with E-state index >= 15 is 0 Å². The molecule has 10 aromatic rings. The molecule has 0 fully saturated rings. The Morgan fingerprint density at radius 2 is 0.759 bits per heavy atom. The maximum absolute atomic E-state index is 5.24. The Bertz CT molecular complexity index is 2900. The van der Waals surface area contributed by atoms with Crippen molar-refractivity contribution >= 4 is 32.4 Å². The van der Waals surface area contributed by atoms with Gasteiger partial charge in [-0.2, -0.15) is 0 Å². The minimum absolute atomic E-state index is 0.642. The molecule has 252 valence electrons. The maximum Gasteiger partial charge on any atom is 0.164 e. The van der Waals surface area contributed by atoms with Gasteiger partial charge < -0.3 is 0 Å². The van der Waals surface area contributed by atoms with E-state index in [9.17, 15) is 0 Å². The maximum atomic E-state index is 5.24. The number of fused-ring (bicyclic) bond motifs is 4. The molecule has 4 nitrogen and oxygen atoms in total. The molecule has 54 heavy (non-hydrogen) atoms. The van der Waals surface area contributed by atoms with E-state index < -0.39 is 0 Å². The van der Waals surface area contributed by atoms with Crippen molar-refractivity contribution in [3.05, 3.63) is 194 Å². The fourth-order valence-electron chi connectivity index (χ4n) is 7.34. The summed E-state index contributed by atoms with van der Waals surface area (Å²) in [6, 6.07) is 67.7. The van der Waals surface area contributed by atoms with E-state index in [0.29, 0.717) is 17.5 Å². The smallest absolute Gasteiger partial charge is 0.164 e. The largest absolute Gasteiger partial charge is 0.248 e. The van der Waals surface area contributed by atoms with Crippen LogP contribution in [0.2, 0.25) is 0 Å². The van der Waals surface area contributed by atoms with E-state index in [4.69, 9.17) is 19.9 Å². The second kappa shape index (κ2) is 13.4. The van der Waals surface area contributed by atoms with Crippen molar-refractivity contribution in [1.29, 1.82) is 0 Å². The summed E-state index contributed by atoms with van der Waals surface area (Å²) in [6.45, 7) is 0. The van der Waals surface area contributed by atoms with E-state index in [0.717, 1.165) is 50.0 Å². The lowest BCUT2D eigenvalue weighted by molar-refractivity contribution is 1.07. The molecule has 0 bridgehead atoms. The van der Waals surface area contributed by atoms with Gasteiger partial charge in [-0.25, -0.2) is 19.9 Å². The average Bonchev–Trinajstić information content (AvgIpc) is 3.26. The van der Waals surface area contributed by atoms with Crippen molar-refractivity contribution in [2.24, 2.45) is 0 Å². The van der Waals surface area contributed by atoms with Crippen LogP contribution in [-0.4, -0.2) is 19.9 Å². The van der Waals surface area contributed by atoms with Gasteiger partial charge >= 0.3 is 0 Å². The summed E-state index contributed by atoms with van der Waals surface area (Å²) in [4.78, 5) is 19.9. The van der Waals surface area contributed by atoms with Gasteiger partial charge in [-0.05, 0) is 68.1 Å². The first-order valence-electron chi connectivity index (χ1n) is 18.1. The molecule has 0 aliphatic carbocycles. The molecule has 0 aliphatic heterocycles. The lowest BCUT2D eigenvalue weighted by atomic mass is 9.92. The zero-order chi connectivity index (χ0) is 35.8. The molecular weight excluding hydrogens is 657 g/mol. The van der Waals surface area contributed by atoms with E-state index in [1.807, 2.05) is 60.7 Å². The normalized spacial score (nSPS) is 11.3. The second-order valence-corrected chi connectivity index (χ2v) is 13.5. The molecule has 4 heteroatoms. The van der Waals surface area contributed by atoms with E-state index in [1.54, 1.807) is 0 Å². The molecule has 0 unspecified atom stereocenters. The molecule has 0 amide bonds. The molecule has 0 saturated heterocycles. The number of hydrogen-bond donors (Lipinski definition) is 0. The molecule has 8 aromatic carbocycles. The van der Waals surface area contributed by atoms with Gasteiger partial charge in [0.2, 0.25) is 0 Å². The first kappa shape index (κ1) is 31.4. The van der Waals surface area contributed by atoms with E-state index in [1.165, 1.54) is 32.7 Å². The highest BCUT2D eigenvalue weighted by Crippen LogP contribution is 2.38. The summed E-state index contributed by atoms with van der Waals surface area (Å²) in [6.07, 6.45) is 0. The fraction of sp³-hybridized carbons (Fsp3) is 0. The molecule has 2 aromatic heterocycles. The third-order valence-electron chi connectivity index (χ3n) is 10.1. The summed E-state index contributed by atoms with van der Waals surface area (Å²) in [5.41, 5.74) is 10.5. The third kappa shape index (κ3) is 5.86. The quantitative estimate of drug-likeness (QED) is 0.163. The predicted molar refractivity (Wildman–Crippen MR) is 223 cm³/mol. The van der Waals surface area contributed by atoms with Gasteiger partial charge in [0, 0.05) is 27.6 Å². The van der Waals surface area contributed by atoms with Gasteiger partial charge in [-0.15, -0.1) is 0 Å². The van der Waals surface area contributed by atoms with Gasteiger partial charge in [-0.1, -0.05) is 170 Å². The van der Waals surface area contributed by atoms with Crippen LogP contribution in [0.1, 0.15) is 0 Å².